The second-order valence-electron chi connectivity index (χ2n) is 7.59. The molecule has 2 aromatic rings. The molecule has 1 aromatic carbocycles. The first-order valence-corrected chi connectivity index (χ1v) is 8.86. The molecule has 25 heavy (non-hydrogen) atoms. The predicted octanol–water partition coefficient (Wildman–Crippen LogP) is 2.47. The highest BCUT2D eigenvalue weighted by atomic mass is 32.1. The van der Waals surface area contributed by atoms with Gasteiger partial charge in [0, 0.05) is 36.6 Å². The van der Waals surface area contributed by atoms with Crippen molar-refractivity contribution in [2.75, 3.05) is 13.7 Å². The molecule has 3 atom stereocenters. The molecule has 7 heteroatoms. The molecule has 0 unspecified atom stereocenters. The first kappa shape index (κ1) is 16.5. The molecular formula is C18H21N3O3S. The number of aromatic amines is 2. The number of hydrogen-bond donors (Lipinski definition) is 2. The van der Waals surface area contributed by atoms with Crippen LogP contribution in [0.1, 0.15) is 30.6 Å². The molecule has 4 rings (SSSR count). The number of fused-ring (bicyclic) bond motifs is 2. The maximum Gasteiger partial charge on any atom is 0.259 e. The summed E-state index contributed by atoms with van der Waals surface area (Å²) in [7, 11) is 1.85. The van der Waals surface area contributed by atoms with Gasteiger partial charge in [0.25, 0.3) is 11.5 Å². The van der Waals surface area contributed by atoms with E-state index in [1.807, 2.05) is 11.9 Å². The normalized spacial score (nSPS) is 26.9. The standard InChI is InChI=1S/C18H21N3O3S/c1-18(2)13(11-6-7-24-14(11)18)21(3)16(23)9-4-5-10-12(8-9)19-17(25)20-15(10)22/h4-5,8,11,13-14H,6-7H2,1-3H3,(H2,19,20,22,25)/t11-,13-,14+/m1/s1. The van der Waals surface area contributed by atoms with Gasteiger partial charge in [-0.05, 0) is 36.8 Å². The van der Waals surface area contributed by atoms with Gasteiger partial charge in [0.05, 0.1) is 17.0 Å². The lowest BCUT2D eigenvalue weighted by atomic mass is 9.56. The van der Waals surface area contributed by atoms with Gasteiger partial charge >= 0.3 is 0 Å². The van der Waals surface area contributed by atoms with Crippen molar-refractivity contribution >= 4 is 29.0 Å². The number of H-pyrrole nitrogens is 2. The van der Waals surface area contributed by atoms with E-state index in [0.717, 1.165) is 13.0 Å². The van der Waals surface area contributed by atoms with Gasteiger partial charge in [0.1, 0.15) is 0 Å². The molecule has 1 saturated heterocycles. The highest BCUT2D eigenvalue weighted by molar-refractivity contribution is 7.71. The minimum Gasteiger partial charge on any atom is -0.377 e. The van der Waals surface area contributed by atoms with Crippen LogP contribution in [0.25, 0.3) is 10.9 Å². The number of aromatic nitrogens is 2. The van der Waals surface area contributed by atoms with Crippen LogP contribution >= 0.6 is 12.2 Å². The van der Waals surface area contributed by atoms with Gasteiger partial charge in [-0.3, -0.25) is 14.6 Å². The molecule has 1 aliphatic carbocycles. The highest BCUT2D eigenvalue weighted by Gasteiger charge is 2.61. The fourth-order valence-corrected chi connectivity index (χ4v) is 4.92. The number of nitrogens with one attached hydrogen (secondary N) is 2. The van der Waals surface area contributed by atoms with Gasteiger partial charge in [-0.25, -0.2) is 0 Å². The number of carbonyl (C=O) groups excluding carboxylic acids is 1. The van der Waals surface area contributed by atoms with Crippen molar-refractivity contribution in [1.82, 2.24) is 14.9 Å². The van der Waals surface area contributed by atoms with E-state index in [-0.39, 0.29) is 33.8 Å². The van der Waals surface area contributed by atoms with Crippen LogP contribution in [0.4, 0.5) is 0 Å². The smallest absolute Gasteiger partial charge is 0.259 e. The lowest BCUT2D eigenvalue weighted by Gasteiger charge is -2.57. The minimum absolute atomic E-state index is 0.0510. The lowest BCUT2D eigenvalue weighted by molar-refractivity contribution is -0.139. The Balaban J connectivity index is 1.68. The summed E-state index contributed by atoms with van der Waals surface area (Å²) in [4.78, 5) is 32.3. The van der Waals surface area contributed by atoms with Crippen molar-refractivity contribution < 1.29 is 9.53 Å². The Morgan fingerprint density at radius 1 is 1.36 bits per heavy atom. The zero-order valence-electron chi connectivity index (χ0n) is 14.5. The molecule has 2 N–H and O–H groups in total. The number of benzene rings is 1. The molecule has 6 nitrogen and oxygen atoms in total. The van der Waals surface area contributed by atoms with E-state index in [9.17, 15) is 9.59 Å². The Morgan fingerprint density at radius 3 is 2.88 bits per heavy atom. The fraction of sp³-hybridized carbons (Fsp3) is 0.500. The van der Waals surface area contributed by atoms with Crippen LogP contribution in [-0.2, 0) is 4.74 Å². The van der Waals surface area contributed by atoms with E-state index in [2.05, 4.69) is 23.8 Å². The lowest BCUT2D eigenvalue weighted by Crippen LogP contribution is -2.66. The Bertz CT molecular complexity index is 977. The van der Waals surface area contributed by atoms with Crippen molar-refractivity contribution in [2.24, 2.45) is 11.3 Å². The SMILES string of the molecule is CN(C(=O)c1ccc2c(=O)[nH]c(=S)[nH]c2c1)[C@@H]1[C@H]2CCO[C@@H]2C1(C)C. The van der Waals surface area contributed by atoms with E-state index >= 15 is 0 Å². The van der Waals surface area contributed by atoms with Crippen molar-refractivity contribution in [3.63, 3.8) is 0 Å². The average molecular weight is 359 g/mol. The second-order valence-corrected chi connectivity index (χ2v) is 8.00. The number of hydrogen-bond acceptors (Lipinski definition) is 4. The third-order valence-corrected chi connectivity index (χ3v) is 5.97. The van der Waals surface area contributed by atoms with Crippen molar-refractivity contribution in [3.05, 3.63) is 38.9 Å². The zero-order chi connectivity index (χ0) is 17.9. The molecule has 2 aliphatic rings. The van der Waals surface area contributed by atoms with Gasteiger partial charge in [-0.2, -0.15) is 0 Å². The Hall–Kier alpha value is -1.99. The molecule has 1 saturated carbocycles. The van der Waals surface area contributed by atoms with Gasteiger partial charge in [0.15, 0.2) is 4.77 Å². The molecule has 1 aliphatic heterocycles. The van der Waals surface area contributed by atoms with Crippen molar-refractivity contribution in [3.8, 4) is 0 Å². The van der Waals surface area contributed by atoms with Crippen molar-refractivity contribution in [2.45, 2.75) is 32.4 Å². The molecule has 132 valence electrons. The number of rotatable bonds is 2. The van der Waals surface area contributed by atoms with E-state index in [1.54, 1.807) is 18.2 Å². The predicted molar refractivity (Wildman–Crippen MR) is 97.3 cm³/mol. The molecule has 0 bridgehead atoms. The Kier molecular flexibility index (Phi) is 3.63. The van der Waals surface area contributed by atoms with E-state index in [4.69, 9.17) is 17.0 Å². The number of carbonyl (C=O) groups is 1. The summed E-state index contributed by atoms with van der Waals surface area (Å²) in [6.45, 7) is 5.09. The van der Waals surface area contributed by atoms with Crippen molar-refractivity contribution in [1.29, 1.82) is 0 Å². The quantitative estimate of drug-likeness (QED) is 0.808. The summed E-state index contributed by atoms with van der Waals surface area (Å²) in [6.07, 6.45) is 1.23. The highest BCUT2D eigenvalue weighted by Crippen LogP contribution is 2.54. The van der Waals surface area contributed by atoms with Crippen LogP contribution in [0.2, 0.25) is 0 Å². The monoisotopic (exact) mass is 359 g/mol. The number of amides is 1. The third-order valence-electron chi connectivity index (χ3n) is 5.76. The summed E-state index contributed by atoms with van der Waals surface area (Å²) in [5.41, 5.74) is 0.809. The average Bonchev–Trinajstić information content (AvgIpc) is 2.99. The Labute approximate surface area is 150 Å². The molecule has 2 fully saturated rings. The second kappa shape index (κ2) is 5.51. The van der Waals surface area contributed by atoms with E-state index < -0.39 is 0 Å². The topological polar surface area (TPSA) is 78.2 Å². The maximum atomic E-state index is 13.0. The Morgan fingerprint density at radius 2 is 2.12 bits per heavy atom. The van der Waals surface area contributed by atoms with E-state index in [1.165, 1.54) is 0 Å². The minimum atomic E-state index is -0.253. The molecule has 0 spiro atoms. The first-order valence-electron chi connectivity index (χ1n) is 8.46. The molecule has 1 amide bonds. The third kappa shape index (κ3) is 2.37. The van der Waals surface area contributed by atoms with Crippen LogP contribution in [0.5, 0.6) is 0 Å². The summed E-state index contributed by atoms with van der Waals surface area (Å²) in [5.74, 6) is 0.350. The summed E-state index contributed by atoms with van der Waals surface area (Å²) in [5, 5.41) is 0.487. The molecular weight excluding hydrogens is 338 g/mol. The zero-order valence-corrected chi connectivity index (χ0v) is 15.3. The maximum absolute atomic E-state index is 13.0. The van der Waals surface area contributed by atoms with Crippen LogP contribution in [-0.4, -0.2) is 46.6 Å². The number of nitrogens with zero attached hydrogens (tertiary/aromatic N) is 1. The fourth-order valence-electron chi connectivity index (χ4n) is 4.72. The van der Waals surface area contributed by atoms with Gasteiger partial charge in [-0.15, -0.1) is 0 Å². The molecule has 1 aromatic heterocycles. The van der Waals surface area contributed by atoms with Crippen LogP contribution in [0.15, 0.2) is 23.0 Å². The first-order chi connectivity index (χ1) is 11.8. The molecule has 0 radical (unpaired) electrons. The van der Waals surface area contributed by atoms with Crippen LogP contribution in [0, 0.1) is 16.1 Å². The van der Waals surface area contributed by atoms with E-state index in [0.29, 0.717) is 22.4 Å². The summed E-state index contributed by atoms with van der Waals surface area (Å²) < 4.78 is 6.08. The van der Waals surface area contributed by atoms with Gasteiger partial charge < -0.3 is 14.6 Å². The summed E-state index contributed by atoms with van der Waals surface area (Å²) >= 11 is 5.02. The largest absolute Gasteiger partial charge is 0.377 e. The molecule has 2 heterocycles. The van der Waals surface area contributed by atoms with Gasteiger partial charge in [0.2, 0.25) is 0 Å². The summed E-state index contributed by atoms with van der Waals surface area (Å²) in [6, 6.07) is 5.21. The number of ether oxygens (including phenoxy) is 1. The van der Waals surface area contributed by atoms with Crippen LogP contribution < -0.4 is 5.56 Å². The van der Waals surface area contributed by atoms with Crippen LogP contribution in [0.3, 0.4) is 0 Å². The van der Waals surface area contributed by atoms with Gasteiger partial charge in [-0.1, -0.05) is 13.8 Å².